The normalized spacial score (nSPS) is 11.4. The summed E-state index contributed by atoms with van der Waals surface area (Å²) in [5, 5.41) is 13.0. The molecule has 0 saturated carbocycles. The summed E-state index contributed by atoms with van der Waals surface area (Å²) in [5.74, 6) is -3.34. The standard InChI is InChI=1S/C48H87FN6O17/c1-40(56)36-68-32-28-65-25-21-52-45(60)38-70-34-30-67-27-23-54-47(62)39-71-35-31-66-26-22-53-46(61)37-69-33-29-64-24-20-51-43(58)19-18-41(48(63)72-49)55-44(59)17-15-13-11-9-7-5-3-2-4-6-8-10-12-14-16-42(50)57/h41H,2-39H2,1H3,(H2,50,57)(H,51,58)(H,52,60)(H,53,61)(H,54,62)(H,55,59)/t41-/m0/s1. The quantitative estimate of drug-likeness (QED) is 0.0472. The van der Waals surface area contributed by atoms with E-state index in [-0.39, 0.29) is 154 Å². The molecule has 0 unspecified atom stereocenters. The molecule has 23 nitrogen and oxygen atoms in total. The number of nitrogens with one attached hydrogen (secondary N) is 5. The maximum absolute atomic E-state index is 12.7. The van der Waals surface area contributed by atoms with E-state index in [9.17, 15) is 42.9 Å². The van der Waals surface area contributed by atoms with Crippen molar-refractivity contribution >= 4 is 47.2 Å². The van der Waals surface area contributed by atoms with Crippen LogP contribution in [0, 0.1) is 0 Å². The topological polar surface area (TPSA) is 306 Å². The van der Waals surface area contributed by atoms with Crippen molar-refractivity contribution in [2.24, 2.45) is 5.73 Å². The van der Waals surface area contributed by atoms with Crippen LogP contribution in [-0.2, 0) is 81.2 Å². The minimum atomic E-state index is -1.29. The molecule has 0 fully saturated rings. The highest BCUT2D eigenvalue weighted by Gasteiger charge is 2.24. The molecule has 0 aliphatic heterocycles. The Bertz CT molecular complexity index is 1440. The zero-order valence-electron chi connectivity index (χ0n) is 42.8. The minimum absolute atomic E-state index is 0.0519. The molecule has 0 heterocycles. The molecule has 24 heteroatoms. The fourth-order valence-electron chi connectivity index (χ4n) is 6.43. The predicted octanol–water partition coefficient (Wildman–Crippen LogP) is 1.59. The van der Waals surface area contributed by atoms with Gasteiger partial charge in [-0.1, -0.05) is 77.0 Å². The highest BCUT2D eigenvalue weighted by Crippen LogP contribution is 2.14. The van der Waals surface area contributed by atoms with Crippen LogP contribution in [0.1, 0.15) is 122 Å². The van der Waals surface area contributed by atoms with Crippen LogP contribution in [0.2, 0.25) is 0 Å². The van der Waals surface area contributed by atoms with E-state index in [4.69, 9.17) is 43.6 Å². The summed E-state index contributed by atoms with van der Waals surface area (Å²) >= 11 is 0. The lowest BCUT2D eigenvalue weighted by molar-refractivity contribution is -0.187. The lowest BCUT2D eigenvalue weighted by Gasteiger charge is -2.15. The summed E-state index contributed by atoms with van der Waals surface area (Å²) in [4.78, 5) is 97.0. The summed E-state index contributed by atoms with van der Waals surface area (Å²) in [5.41, 5.74) is 5.15. The first-order valence-corrected chi connectivity index (χ1v) is 25.5. The molecule has 418 valence electrons. The summed E-state index contributed by atoms with van der Waals surface area (Å²) in [6, 6.07) is -1.29. The van der Waals surface area contributed by atoms with Gasteiger partial charge in [-0.2, -0.15) is 0 Å². The summed E-state index contributed by atoms with van der Waals surface area (Å²) in [6.07, 6.45) is 15.5. The SMILES string of the molecule is CC(=O)COCCOCCNC(=O)COCCOCCNC(=O)COCCOCCNC(=O)COCCOCCNC(=O)CC[C@H](NC(=O)CCCCCCCCCCCCCCCCC(N)=O)C(=O)OF. The van der Waals surface area contributed by atoms with Crippen molar-refractivity contribution in [2.75, 3.05) is 132 Å². The number of ether oxygens (including phenoxy) is 8. The molecule has 0 saturated heterocycles. The first kappa shape index (κ1) is 67.6. The lowest BCUT2D eigenvalue weighted by Crippen LogP contribution is -2.42. The molecule has 0 bridgehead atoms. The number of carbonyl (C=O) groups is 8. The number of halogens is 1. The molecule has 0 spiro atoms. The number of nitrogens with two attached hydrogens (primary N) is 1. The van der Waals surface area contributed by atoms with Crippen LogP contribution >= 0.6 is 0 Å². The van der Waals surface area contributed by atoms with Crippen molar-refractivity contribution in [3.05, 3.63) is 0 Å². The van der Waals surface area contributed by atoms with Gasteiger partial charge in [0.05, 0.1) is 79.3 Å². The van der Waals surface area contributed by atoms with Crippen molar-refractivity contribution in [3.63, 3.8) is 0 Å². The maximum atomic E-state index is 12.7. The molecule has 0 rings (SSSR count). The van der Waals surface area contributed by atoms with Gasteiger partial charge in [-0.25, -0.2) is 4.79 Å². The molecule has 0 radical (unpaired) electrons. The van der Waals surface area contributed by atoms with E-state index in [1.54, 1.807) is 0 Å². The first-order chi connectivity index (χ1) is 34.9. The zero-order chi connectivity index (χ0) is 53.0. The zero-order valence-corrected chi connectivity index (χ0v) is 42.8. The number of hydrogen-bond donors (Lipinski definition) is 6. The predicted molar refractivity (Wildman–Crippen MR) is 261 cm³/mol. The van der Waals surface area contributed by atoms with Crippen LogP contribution in [0.15, 0.2) is 0 Å². The Morgan fingerprint density at radius 3 is 1.06 bits per heavy atom. The Hall–Kier alpha value is -4.43. The molecule has 6 amide bonds. The Morgan fingerprint density at radius 2 is 0.708 bits per heavy atom. The Balaban J connectivity index is 3.65. The number of primary amides is 1. The first-order valence-electron chi connectivity index (χ1n) is 25.5. The van der Waals surface area contributed by atoms with Gasteiger partial charge in [-0.05, 0) is 26.2 Å². The number of hydrogen-bond acceptors (Lipinski definition) is 17. The number of amides is 6. The van der Waals surface area contributed by atoms with Gasteiger partial charge >= 0.3 is 5.97 Å². The molecule has 0 aliphatic rings. The minimum Gasteiger partial charge on any atom is -0.377 e. The molecule has 0 aromatic rings. The monoisotopic (exact) mass is 1040 g/mol. The third-order valence-electron chi connectivity index (χ3n) is 10.2. The molecule has 7 N–H and O–H groups in total. The molecular formula is C48H87FN6O17. The number of carbonyl (C=O) groups excluding carboxylic acids is 8. The summed E-state index contributed by atoms with van der Waals surface area (Å²) in [6.45, 7) is 4.67. The van der Waals surface area contributed by atoms with Crippen LogP contribution in [0.5, 0.6) is 0 Å². The van der Waals surface area contributed by atoms with Gasteiger partial charge in [0.1, 0.15) is 32.5 Å². The van der Waals surface area contributed by atoms with Crippen LogP contribution in [-0.4, -0.2) is 185 Å². The largest absolute Gasteiger partial charge is 0.377 e. The number of rotatable bonds is 54. The third kappa shape index (κ3) is 50.5. The van der Waals surface area contributed by atoms with E-state index in [0.29, 0.717) is 39.2 Å². The van der Waals surface area contributed by atoms with E-state index in [1.807, 2.05) is 0 Å². The van der Waals surface area contributed by atoms with Crippen molar-refractivity contribution < 1.29 is 85.7 Å². The van der Waals surface area contributed by atoms with E-state index in [2.05, 4.69) is 31.5 Å². The second-order valence-corrected chi connectivity index (χ2v) is 16.7. The smallest absolute Gasteiger partial charge is 0.370 e. The average Bonchev–Trinajstić information content (AvgIpc) is 3.35. The van der Waals surface area contributed by atoms with Gasteiger partial charge in [0.2, 0.25) is 35.4 Å². The average molecular weight is 1040 g/mol. The highest BCUT2D eigenvalue weighted by atomic mass is 19.3. The van der Waals surface area contributed by atoms with Crippen molar-refractivity contribution in [1.82, 2.24) is 26.6 Å². The molecule has 0 aromatic heterocycles. The molecule has 0 aliphatic carbocycles. The van der Waals surface area contributed by atoms with Crippen molar-refractivity contribution in [3.8, 4) is 0 Å². The second-order valence-electron chi connectivity index (χ2n) is 16.7. The summed E-state index contributed by atoms with van der Waals surface area (Å²) < 4.78 is 55.0. The van der Waals surface area contributed by atoms with Crippen LogP contribution < -0.4 is 32.3 Å². The maximum Gasteiger partial charge on any atom is 0.370 e. The molecule has 0 aromatic carbocycles. The van der Waals surface area contributed by atoms with Gasteiger partial charge in [0.15, 0.2) is 5.78 Å². The Kier molecular flexibility index (Phi) is 48.3. The van der Waals surface area contributed by atoms with Gasteiger partial charge in [0.25, 0.3) is 0 Å². The number of ketones is 1. The molecular weight excluding hydrogens is 952 g/mol. The van der Waals surface area contributed by atoms with Crippen molar-refractivity contribution in [1.29, 1.82) is 0 Å². The van der Waals surface area contributed by atoms with E-state index in [0.717, 1.165) is 44.9 Å². The van der Waals surface area contributed by atoms with Crippen LogP contribution in [0.3, 0.4) is 0 Å². The Labute approximate surface area is 424 Å². The van der Waals surface area contributed by atoms with Gasteiger partial charge < -0.3 is 70.2 Å². The van der Waals surface area contributed by atoms with Crippen LogP contribution in [0.25, 0.3) is 0 Å². The fraction of sp³-hybridized carbons (Fsp3) is 0.833. The van der Waals surface area contributed by atoms with Gasteiger partial charge in [-0.15, -0.1) is 0 Å². The number of Topliss-reactive ketones (excluding diaryl/α,β-unsaturated/α-hetero) is 1. The second kappa shape index (κ2) is 51.5. The molecule has 72 heavy (non-hydrogen) atoms. The van der Waals surface area contributed by atoms with Gasteiger partial charge in [-0.3, -0.25) is 38.5 Å². The Morgan fingerprint density at radius 1 is 0.389 bits per heavy atom. The highest BCUT2D eigenvalue weighted by molar-refractivity contribution is 5.85. The van der Waals surface area contributed by atoms with Gasteiger partial charge in [0, 0.05) is 50.0 Å². The van der Waals surface area contributed by atoms with Crippen molar-refractivity contribution in [2.45, 2.75) is 129 Å². The van der Waals surface area contributed by atoms with Crippen LogP contribution in [0.4, 0.5) is 4.53 Å². The summed E-state index contributed by atoms with van der Waals surface area (Å²) in [7, 11) is 0. The van der Waals surface area contributed by atoms with E-state index >= 15 is 0 Å². The van der Waals surface area contributed by atoms with E-state index in [1.165, 1.54) is 45.4 Å². The molecule has 1 atom stereocenters. The number of unbranched alkanes of at least 4 members (excludes halogenated alkanes) is 13. The third-order valence-corrected chi connectivity index (χ3v) is 10.2. The lowest BCUT2D eigenvalue weighted by atomic mass is 10.0. The fourth-order valence-corrected chi connectivity index (χ4v) is 6.43. The van der Waals surface area contributed by atoms with E-state index < -0.39 is 23.8 Å².